The molecule has 0 aromatic heterocycles. The number of hydrogen-bond acceptors (Lipinski definition) is 4. The topological polar surface area (TPSA) is 90.5 Å². The van der Waals surface area contributed by atoms with Crippen molar-refractivity contribution in [3.05, 3.63) is 64.7 Å². The molecule has 1 aliphatic carbocycles. The standard InChI is InChI=1S/C28H36N4O3.ClH/c1-17(2)24(31-26(33)18(3)29-4)28(35)32-16-20-11-6-8-14-22(20)25(32)27(34)30-23-15-9-12-19-10-5-7-13-21(19)23;/h6,8-9,11-12,14-15,17-18,24-25,29H,5,7,10,13,16H2,1-4H3,(H,30,34)(H,31,33);1H/t18-,24-,25-;/m0./s1. The van der Waals surface area contributed by atoms with Crippen molar-refractivity contribution in [2.45, 2.75) is 71.1 Å². The Morgan fingerprint density at radius 2 is 1.64 bits per heavy atom. The molecule has 3 amide bonds. The number of nitrogens with zero attached hydrogens (tertiary/aromatic N) is 1. The number of likely N-dealkylation sites (N-methyl/N-ethyl adjacent to an activating group) is 1. The zero-order valence-corrected chi connectivity index (χ0v) is 22.3. The summed E-state index contributed by atoms with van der Waals surface area (Å²) in [5, 5.41) is 8.95. The van der Waals surface area contributed by atoms with Gasteiger partial charge in [-0.1, -0.05) is 50.2 Å². The van der Waals surface area contributed by atoms with E-state index in [1.807, 2.05) is 50.2 Å². The van der Waals surface area contributed by atoms with Crippen LogP contribution in [-0.4, -0.2) is 41.8 Å². The zero-order valence-electron chi connectivity index (χ0n) is 21.5. The summed E-state index contributed by atoms with van der Waals surface area (Å²) in [6.45, 7) is 5.89. The van der Waals surface area contributed by atoms with E-state index < -0.39 is 18.1 Å². The predicted octanol–water partition coefficient (Wildman–Crippen LogP) is 3.76. The number of benzene rings is 2. The van der Waals surface area contributed by atoms with Crippen LogP contribution in [0.15, 0.2) is 42.5 Å². The minimum Gasteiger partial charge on any atom is -0.343 e. The number of carbonyl (C=O) groups excluding carboxylic acids is 3. The van der Waals surface area contributed by atoms with Gasteiger partial charge in [0.15, 0.2) is 0 Å². The summed E-state index contributed by atoms with van der Waals surface area (Å²) >= 11 is 0. The molecule has 0 bridgehead atoms. The van der Waals surface area contributed by atoms with Gasteiger partial charge in [-0.3, -0.25) is 14.4 Å². The van der Waals surface area contributed by atoms with Crippen LogP contribution in [0.5, 0.6) is 0 Å². The maximum atomic E-state index is 13.8. The molecule has 0 saturated heterocycles. The molecule has 2 aromatic rings. The van der Waals surface area contributed by atoms with Gasteiger partial charge in [-0.15, -0.1) is 12.4 Å². The summed E-state index contributed by atoms with van der Waals surface area (Å²) in [4.78, 5) is 41.8. The third-order valence-corrected chi connectivity index (χ3v) is 7.24. The van der Waals surface area contributed by atoms with Gasteiger partial charge in [-0.2, -0.15) is 0 Å². The molecule has 0 fully saturated rings. The Hall–Kier alpha value is -2.90. The molecule has 2 aliphatic rings. The second-order valence-corrected chi connectivity index (χ2v) is 9.95. The number of hydrogen-bond donors (Lipinski definition) is 3. The Morgan fingerprint density at radius 3 is 2.36 bits per heavy atom. The molecule has 4 rings (SSSR count). The van der Waals surface area contributed by atoms with Gasteiger partial charge in [0.1, 0.15) is 12.1 Å². The molecule has 36 heavy (non-hydrogen) atoms. The highest BCUT2D eigenvalue weighted by molar-refractivity contribution is 6.00. The fourth-order valence-electron chi connectivity index (χ4n) is 5.08. The molecular weight excluding hydrogens is 476 g/mol. The van der Waals surface area contributed by atoms with Crippen LogP contribution >= 0.6 is 12.4 Å². The number of nitrogens with one attached hydrogen (secondary N) is 3. The second-order valence-electron chi connectivity index (χ2n) is 9.95. The number of rotatable bonds is 7. The fourth-order valence-corrected chi connectivity index (χ4v) is 5.08. The van der Waals surface area contributed by atoms with E-state index in [9.17, 15) is 14.4 Å². The van der Waals surface area contributed by atoms with Crippen molar-refractivity contribution < 1.29 is 14.4 Å². The quantitative estimate of drug-likeness (QED) is 0.527. The predicted molar refractivity (Wildman–Crippen MR) is 144 cm³/mol. The van der Waals surface area contributed by atoms with Gasteiger partial charge in [0.05, 0.1) is 6.04 Å². The van der Waals surface area contributed by atoms with Gasteiger partial charge in [0, 0.05) is 12.2 Å². The maximum Gasteiger partial charge on any atom is 0.251 e. The van der Waals surface area contributed by atoms with Crippen LogP contribution in [0.1, 0.15) is 61.9 Å². The van der Waals surface area contributed by atoms with E-state index in [-0.39, 0.29) is 36.0 Å². The number of carbonyl (C=O) groups is 3. The van der Waals surface area contributed by atoms with E-state index in [1.165, 1.54) is 11.1 Å². The van der Waals surface area contributed by atoms with E-state index in [1.54, 1.807) is 18.9 Å². The van der Waals surface area contributed by atoms with Crippen LogP contribution in [0.3, 0.4) is 0 Å². The number of fused-ring (bicyclic) bond motifs is 2. The summed E-state index contributed by atoms with van der Waals surface area (Å²) in [6, 6.07) is 11.9. The molecule has 8 heteroatoms. The first-order valence-electron chi connectivity index (χ1n) is 12.6. The van der Waals surface area contributed by atoms with Crippen LogP contribution < -0.4 is 16.0 Å². The number of amides is 3. The van der Waals surface area contributed by atoms with Gasteiger partial charge < -0.3 is 20.9 Å². The maximum absolute atomic E-state index is 13.8. The zero-order chi connectivity index (χ0) is 25.1. The molecule has 0 unspecified atom stereocenters. The molecule has 3 atom stereocenters. The summed E-state index contributed by atoms with van der Waals surface area (Å²) in [6.07, 6.45) is 4.24. The van der Waals surface area contributed by atoms with E-state index in [0.717, 1.165) is 42.5 Å². The summed E-state index contributed by atoms with van der Waals surface area (Å²) in [7, 11) is 1.70. The average Bonchev–Trinajstić information content (AvgIpc) is 3.26. The largest absolute Gasteiger partial charge is 0.343 e. The molecule has 0 radical (unpaired) electrons. The van der Waals surface area contributed by atoms with Crippen molar-refractivity contribution in [3.63, 3.8) is 0 Å². The lowest BCUT2D eigenvalue weighted by atomic mass is 9.90. The van der Waals surface area contributed by atoms with Crippen molar-refractivity contribution in [2.24, 2.45) is 5.92 Å². The second kappa shape index (κ2) is 11.9. The highest BCUT2D eigenvalue weighted by Gasteiger charge is 2.42. The van der Waals surface area contributed by atoms with Gasteiger partial charge in [-0.05, 0) is 73.9 Å². The third kappa shape index (κ3) is 5.57. The lowest BCUT2D eigenvalue weighted by molar-refractivity contribution is -0.143. The van der Waals surface area contributed by atoms with Crippen LogP contribution in [0, 0.1) is 5.92 Å². The van der Waals surface area contributed by atoms with E-state index >= 15 is 0 Å². The van der Waals surface area contributed by atoms with E-state index in [4.69, 9.17) is 0 Å². The SMILES string of the molecule is CN[C@@H](C)C(=O)N[C@H](C(=O)N1Cc2ccccc2[C@H]1C(=O)Nc1cccc2c1CCCC2)C(C)C.Cl. The van der Waals surface area contributed by atoms with Gasteiger partial charge in [0.25, 0.3) is 5.91 Å². The first-order valence-corrected chi connectivity index (χ1v) is 12.6. The molecule has 1 heterocycles. The van der Waals surface area contributed by atoms with Gasteiger partial charge in [-0.25, -0.2) is 0 Å². The minimum atomic E-state index is -0.752. The smallest absolute Gasteiger partial charge is 0.251 e. The molecule has 1 aliphatic heterocycles. The van der Waals surface area contributed by atoms with Crippen LogP contribution in [-0.2, 0) is 33.8 Å². The molecule has 7 nitrogen and oxygen atoms in total. The normalized spacial score (nSPS) is 17.9. The summed E-state index contributed by atoms with van der Waals surface area (Å²) in [5.41, 5.74) is 5.11. The highest BCUT2D eigenvalue weighted by Crippen LogP contribution is 2.36. The molecule has 3 N–H and O–H groups in total. The number of halogens is 1. The Bertz CT molecular complexity index is 1120. The Balaban J connectivity index is 0.00000361. The highest BCUT2D eigenvalue weighted by atomic mass is 35.5. The van der Waals surface area contributed by atoms with Crippen molar-refractivity contribution >= 4 is 35.8 Å². The molecule has 0 spiro atoms. The number of aryl methyl sites for hydroxylation is 1. The van der Waals surface area contributed by atoms with Crippen LogP contribution in [0.2, 0.25) is 0 Å². The third-order valence-electron chi connectivity index (χ3n) is 7.24. The Kier molecular flexibility index (Phi) is 9.14. The lowest BCUT2D eigenvalue weighted by Gasteiger charge is -2.31. The van der Waals surface area contributed by atoms with Crippen molar-refractivity contribution in [2.75, 3.05) is 12.4 Å². The van der Waals surface area contributed by atoms with Gasteiger partial charge >= 0.3 is 0 Å². The first kappa shape index (κ1) is 27.7. The van der Waals surface area contributed by atoms with Crippen molar-refractivity contribution in [3.8, 4) is 0 Å². The Labute approximate surface area is 219 Å². The average molecular weight is 513 g/mol. The monoisotopic (exact) mass is 512 g/mol. The molecule has 2 aromatic carbocycles. The van der Waals surface area contributed by atoms with Crippen LogP contribution in [0.4, 0.5) is 5.69 Å². The molecule has 194 valence electrons. The lowest BCUT2D eigenvalue weighted by Crippen LogP contribution is -2.55. The van der Waals surface area contributed by atoms with E-state index in [0.29, 0.717) is 6.54 Å². The Morgan fingerprint density at radius 1 is 0.944 bits per heavy atom. The first-order chi connectivity index (χ1) is 16.8. The van der Waals surface area contributed by atoms with Crippen molar-refractivity contribution in [1.29, 1.82) is 0 Å². The molecular formula is C28H37ClN4O3. The summed E-state index contributed by atoms with van der Waals surface area (Å²) < 4.78 is 0. The molecule has 0 saturated carbocycles. The summed E-state index contributed by atoms with van der Waals surface area (Å²) in [5.74, 6) is -0.847. The van der Waals surface area contributed by atoms with Crippen LogP contribution in [0.25, 0.3) is 0 Å². The fraction of sp³-hybridized carbons (Fsp3) is 0.464. The minimum absolute atomic E-state index is 0. The number of anilines is 1. The van der Waals surface area contributed by atoms with Gasteiger partial charge in [0.2, 0.25) is 11.8 Å². The van der Waals surface area contributed by atoms with Crippen molar-refractivity contribution in [1.82, 2.24) is 15.5 Å². The van der Waals surface area contributed by atoms with E-state index in [2.05, 4.69) is 22.0 Å².